The molecule has 152 valence electrons. The third-order valence-corrected chi connectivity index (χ3v) is 4.87. The van der Waals surface area contributed by atoms with Gasteiger partial charge < -0.3 is 14.4 Å². The Morgan fingerprint density at radius 3 is 2.29 bits per heavy atom. The van der Waals surface area contributed by atoms with Crippen molar-refractivity contribution in [2.75, 3.05) is 26.1 Å². The maximum absolute atomic E-state index is 11.6. The zero-order valence-corrected chi connectivity index (χ0v) is 17.8. The van der Waals surface area contributed by atoms with Gasteiger partial charge in [-0.2, -0.15) is 0 Å². The zero-order chi connectivity index (χ0) is 20.5. The fraction of sp³-hybridized carbons (Fsp3) is 0.458. The van der Waals surface area contributed by atoms with Crippen molar-refractivity contribution in [3.8, 4) is 16.9 Å². The SMILES string of the molecule is CCCCCC[C@@H](C)Oc1ccc(-c2ccc(C(=O)OC)cc2)cc1N(C)C. The normalized spacial score (nSPS) is 11.8. The van der Waals surface area contributed by atoms with Crippen LogP contribution in [-0.2, 0) is 4.74 Å². The van der Waals surface area contributed by atoms with Crippen LogP contribution in [0.3, 0.4) is 0 Å². The Balaban J connectivity index is 2.14. The molecule has 0 saturated carbocycles. The summed E-state index contributed by atoms with van der Waals surface area (Å²) in [7, 11) is 5.44. The summed E-state index contributed by atoms with van der Waals surface area (Å²) in [6.45, 7) is 4.37. The summed E-state index contributed by atoms with van der Waals surface area (Å²) in [6, 6.07) is 13.7. The van der Waals surface area contributed by atoms with Crippen LogP contribution in [0.25, 0.3) is 11.1 Å². The van der Waals surface area contributed by atoms with E-state index in [0.717, 1.165) is 29.0 Å². The number of ether oxygens (including phenoxy) is 2. The lowest BCUT2D eigenvalue weighted by Crippen LogP contribution is -2.16. The second-order valence-electron chi connectivity index (χ2n) is 7.42. The molecule has 0 unspecified atom stereocenters. The van der Waals surface area contributed by atoms with Gasteiger partial charge in [-0.3, -0.25) is 0 Å². The molecule has 0 bridgehead atoms. The van der Waals surface area contributed by atoms with Crippen molar-refractivity contribution in [1.82, 2.24) is 0 Å². The van der Waals surface area contributed by atoms with E-state index in [1.54, 1.807) is 12.1 Å². The Hall–Kier alpha value is -2.49. The van der Waals surface area contributed by atoms with E-state index in [0.29, 0.717) is 5.56 Å². The van der Waals surface area contributed by atoms with Gasteiger partial charge in [0.05, 0.1) is 24.5 Å². The van der Waals surface area contributed by atoms with E-state index >= 15 is 0 Å². The van der Waals surface area contributed by atoms with Crippen LogP contribution in [0.4, 0.5) is 5.69 Å². The van der Waals surface area contributed by atoms with Crippen LogP contribution in [0.1, 0.15) is 56.3 Å². The Morgan fingerprint density at radius 1 is 1.00 bits per heavy atom. The van der Waals surface area contributed by atoms with Gasteiger partial charge in [0.25, 0.3) is 0 Å². The van der Waals surface area contributed by atoms with Crippen molar-refractivity contribution in [2.24, 2.45) is 0 Å². The average molecular weight is 384 g/mol. The van der Waals surface area contributed by atoms with Crippen molar-refractivity contribution in [3.05, 3.63) is 48.0 Å². The molecule has 0 heterocycles. The Morgan fingerprint density at radius 2 is 1.68 bits per heavy atom. The number of hydrogen-bond donors (Lipinski definition) is 0. The quantitative estimate of drug-likeness (QED) is 0.376. The van der Waals surface area contributed by atoms with Gasteiger partial charge in [0.2, 0.25) is 0 Å². The van der Waals surface area contributed by atoms with Gasteiger partial charge in [0.15, 0.2) is 0 Å². The molecule has 4 nitrogen and oxygen atoms in total. The number of esters is 1. The molecule has 1 atom stereocenters. The highest BCUT2D eigenvalue weighted by atomic mass is 16.5. The summed E-state index contributed by atoms with van der Waals surface area (Å²) in [5.41, 5.74) is 3.74. The number of carbonyl (C=O) groups is 1. The predicted octanol–water partition coefficient (Wildman–Crippen LogP) is 5.94. The summed E-state index contributed by atoms with van der Waals surface area (Å²) in [5.74, 6) is 0.583. The molecule has 0 amide bonds. The monoisotopic (exact) mass is 383 g/mol. The first-order valence-electron chi connectivity index (χ1n) is 10.1. The predicted molar refractivity (Wildman–Crippen MR) is 116 cm³/mol. The summed E-state index contributed by atoms with van der Waals surface area (Å²) < 4.78 is 11.0. The minimum Gasteiger partial charge on any atom is -0.489 e. The molecule has 0 aliphatic heterocycles. The van der Waals surface area contributed by atoms with Crippen LogP contribution in [0.5, 0.6) is 5.75 Å². The number of benzene rings is 2. The largest absolute Gasteiger partial charge is 0.489 e. The smallest absolute Gasteiger partial charge is 0.337 e. The molecule has 0 aromatic heterocycles. The third kappa shape index (κ3) is 6.01. The number of carbonyl (C=O) groups excluding carboxylic acids is 1. The molecule has 2 rings (SSSR count). The summed E-state index contributed by atoms with van der Waals surface area (Å²) >= 11 is 0. The highest BCUT2D eigenvalue weighted by Crippen LogP contribution is 2.33. The van der Waals surface area contributed by atoms with Crippen LogP contribution in [-0.4, -0.2) is 33.3 Å². The number of nitrogens with zero attached hydrogens (tertiary/aromatic N) is 1. The van der Waals surface area contributed by atoms with Crippen LogP contribution < -0.4 is 9.64 Å². The second-order valence-corrected chi connectivity index (χ2v) is 7.42. The zero-order valence-electron chi connectivity index (χ0n) is 17.8. The van der Waals surface area contributed by atoms with E-state index in [1.807, 2.05) is 32.3 Å². The van der Waals surface area contributed by atoms with Crippen molar-refractivity contribution in [3.63, 3.8) is 0 Å². The molecule has 0 saturated heterocycles. The minimum absolute atomic E-state index is 0.195. The van der Waals surface area contributed by atoms with Crippen molar-refractivity contribution in [2.45, 2.75) is 52.1 Å². The van der Waals surface area contributed by atoms with E-state index in [4.69, 9.17) is 9.47 Å². The molecule has 2 aromatic carbocycles. The van der Waals surface area contributed by atoms with Gasteiger partial charge in [-0.25, -0.2) is 4.79 Å². The molecule has 0 aliphatic carbocycles. The first kappa shape index (κ1) is 21.8. The Kier molecular flexibility index (Phi) is 8.37. The second kappa shape index (κ2) is 10.7. The van der Waals surface area contributed by atoms with Crippen LogP contribution >= 0.6 is 0 Å². The summed E-state index contributed by atoms with van der Waals surface area (Å²) in [6.07, 6.45) is 6.29. The lowest BCUT2D eigenvalue weighted by atomic mass is 10.0. The number of rotatable bonds is 10. The van der Waals surface area contributed by atoms with E-state index in [1.165, 1.54) is 32.8 Å². The highest BCUT2D eigenvalue weighted by Gasteiger charge is 2.12. The number of anilines is 1. The molecular formula is C24H33NO3. The molecule has 0 aliphatic rings. The van der Waals surface area contributed by atoms with Crippen LogP contribution in [0.2, 0.25) is 0 Å². The fourth-order valence-electron chi connectivity index (χ4n) is 3.20. The van der Waals surface area contributed by atoms with Crippen LogP contribution in [0, 0.1) is 0 Å². The molecule has 0 N–H and O–H groups in total. The number of hydrogen-bond acceptors (Lipinski definition) is 4. The summed E-state index contributed by atoms with van der Waals surface area (Å²) in [4.78, 5) is 13.7. The fourth-order valence-corrected chi connectivity index (χ4v) is 3.20. The highest BCUT2D eigenvalue weighted by molar-refractivity contribution is 5.90. The molecule has 0 fully saturated rings. The Bertz CT molecular complexity index is 753. The molecule has 2 aromatic rings. The standard InChI is InChI=1S/C24H33NO3/c1-6-7-8-9-10-18(2)28-23-16-15-21(17-22(23)25(3)4)19-11-13-20(14-12-19)24(26)27-5/h11-18H,6-10H2,1-5H3/t18-/m1/s1. The van der Waals surface area contributed by atoms with E-state index in [-0.39, 0.29) is 12.1 Å². The maximum atomic E-state index is 11.6. The van der Waals surface area contributed by atoms with Crippen molar-refractivity contribution >= 4 is 11.7 Å². The van der Waals surface area contributed by atoms with Crippen molar-refractivity contribution in [1.29, 1.82) is 0 Å². The van der Waals surface area contributed by atoms with Gasteiger partial charge in [-0.05, 0) is 55.2 Å². The maximum Gasteiger partial charge on any atom is 0.337 e. The molecular weight excluding hydrogens is 350 g/mol. The van der Waals surface area contributed by atoms with Gasteiger partial charge in [-0.15, -0.1) is 0 Å². The van der Waals surface area contributed by atoms with E-state index in [9.17, 15) is 4.79 Å². The number of unbranched alkanes of at least 4 members (excludes halogenated alkanes) is 3. The molecule has 4 heteroatoms. The molecule has 0 radical (unpaired) electrons. The lowest BCUT2D eigenvalue weighted by Gasteiger charge is -2.22. The van der Waals surface area contributed by atoms with Crippen LogP contribution in [0.15, 0.2) is 42.5 Å². The van der Waals surface area contributed by atoms with Gasteiger partial charge >= 0.3 is 5.97 Å². The first-order chi connectivity index (χ1) is 13.5. The molecule has 28 heavy (non-hydrogen) atoms. The third-order valence-electron chi connectivity index (χ3n) is 4.87. The average Bonchev–Trinajstić information content (AvgIpc) is 2.71. The Labute approximate surface area is 169 Å². The van der Waals surface area contributed by atoms with Gasteiger partial charge in [0.1, 0.15) is 5.75 Å². The van der Waals surface area contributed by atoms with Crippen molar-refractivity contribution < 1.29 is 14.3 Å². The summed E-state index contributed by atoms with van der Waals surface area (Å²) in [5, 5.41) is 0. The molecule has 0 spiro atoms. The lowest BCUT2D eigenvalue weighted by molar-refractivity contribution is 0.0600. The number of methoxy groups -OCH3 is 1. The van der Waals surface area contributed by atoms with Gasteiger partial charge in [-0.1, -0.05) is 44.4 Å². The first-order valence-corrected chi connectivity index (χ1v) is 10.1. The van der Waals surface area contributed by atoms with E-state index < -0.39 is 0 Å². The van der Waals surface area contributed by atoms with E-state index in [2.05, 4.69) is 30.9 Å². The van der Waals surface area contributed by atoms with Gasteiger partial charge in [0, 0.05) is 14.1 Å². The minimum atomic E-state index is -0.322. The topological polar surface area (TPSA) is 38.8 Å².